The molecule has 1 aromatic heterocycles. The van der Waals surface area contributed by atoms with E-state index in [0.717, 1.165) is 11.4 Å². The van der Waals surface area contributed by atoms with Gasteiger partial charge in [-0.25, -0.2) is 4.68 Å². The largest absolute Gasteiger partial charge is 0.437 e. The fourth-order valence-electron chi connectivity index (χ4n) is 2.40. The summed E-state index contributed by atoms with van der Waals surface area (Å²) in [5, 5.41) is 4.47. The molecular weight excluding hydrogens is 262 g/mol. The van der Waals surface area contributed by atoms with Gasteiger partial charge >= 0.3 is 0 Å². The van der Waals surface area contributed by atoms with Crippen molar-refractivity contribution >= 4 is 5.69 Å². The van der Waals surface area contributed by atoms with Crippen molar-refractivity contribution in [3.8, 4) is 11.6 Å². The first-order chi connectivity index (χ1) is 9.81. The van der Waals surface area contributed by atoms with E-state index in [-0.39, 0.29) is 5.92 Å². The van der Waals surface area contributed by atoms with Crippen LogP contribution in [0, 0.1) is 6.92 Å². The maximum absolute atomic E-state index is 6.21. The number of nitrogen functional groups attached to an aromatic ring is 1. The summed E-state index contributed by atoms with van der Waals surface area (Å²) in [6.45, 7) is 10.5. The van der Waals surface area contributed by atoms with Crippen LogP contribution in [0.15, 0.2) is 18.2 Å². The van der Waals surface area contributed by atoms with E-state index in [1.165, 1.54) is 11.1 Å². The van der Waals surface area contributed by atoms with E-state index in [2.05, 4.69) is 57.9 Å². The highest BCUT2D eigenvalue weighted by atomic mass is 16.5. The molecule has 2 N–H and O–H groups in total. The summed E-state index contributed by atoms with van der Waals surface area (Å²) < 4.78 is 7.84. The molecule has 0 atom stereocenters. The van der Waals surface area contributed by atoms with Crippen LogP contribution in [0.25, 0.3) is 0 Å². The third kappa shape index (κ3) is 3.04. The van der Waals surface area contributed by atoms with Gasteiger partial charge in [0.05, 0.1) is 5.69 Å². The van der Waals surface area contributed by atoms with Gasteiger partial charge < -0.3 is 10.5 Å². The molecule has 2 aromatic rings. The molecule has 4 heteroatoms. The first-order valence-electron chi connectivity index (χ1n) is 7.42. The second-order valence-electron chi connectivity index (χ2n) is 6.18. The van der Waals surface area contributed by atoms with Crippen LogP contribution in [0.2, 0.25) is 0 Å². The van der Waals surface area contributed by atoms with E-state index in [4.69, 9.17) is 10.5 Å². The van der Waals surface area contributed by atoms with Gasteiger partial charge in [0.2, 0.25) is 5.88 Å². The highest BCUT2D eigenvalue weighted by molar-refractivity contribution is 5.56. The standard InChI is InChI=1S/C17H25N3O/c1-10(2)13-8-7-12(5)9-14(13)21-17-15(18)16(11(3)4)19-20(17)6/h7-11H,18H2,1-6H3. The van der Waals surface area contributed by atoms with Crippen LogP contribution < -0.4 is 10.5 Å². The number of benzene rings is 1. The van der Waals surface area contributed by atoms with Gasteiger partial charge in [-0.3, -0.25) is 0 Å². The van der Waals surface area contributed by atoms with Crippen molar-refractivity contribution in [3.05, 3.63) is 35.0 Å². The molecule has 0 fully saturated rings. The van der Waals surface area contributed by atoms with Crippen LogP contribution in [-0.2, 0) is 7.05 Å². The van der Waals surface area contributed by atoms with Crippen LogP contribution in [0.3, 0.4) is 0 Å². The Morgan fingerprint density at radius 2 is 1.81 bits per heavy atom. The fourth-order valence-corrected chi connectivity index (χ4v) is 2.40. The zero-order chi connectivity index (χ0) is 15.7. The van der Waals surface area contributed by atoms with E-state index in [0.29, 0.717) is 17.5 Å². The predicted molar refractivity (Wildman–Crippen MR) is 87.1 cm³/mol. The van der Waals surface area contributed by atoms with Gasteiger partial charge in [0, 0.05) is 7.05 Å². The van der Waals surface area contributed by atoms with Gasteiger partial charge in [-0.2, -0.15) is 5.10 Å². The Morgan fingerprint density at radius 3 is 2.33 bits per heavy atom. The van der Waals surface area contributed by atoms with Gasteiger partial charge in [0.15, 0.2) is 0 Å². The van der Waals surface area contributed by atoms with E-state index in [9.17, 15) is 0 Å². The molecule has 0 bridgehead atoms. The Hall–Kier alpha value is -1.97. The number of hydrogen-bond donors (Lipinski definition) is 1. The van der Waals surface area contributed by atoms with E-state index < -0.39 is 0 Å². The number of aryl methyl sites for hydroxylation is 2. The zero-order valence-electron chi connectivity index (χ0n) is 13.8. The van der Waals surface area contributed by atoms with Gasteiger partial charge in [0.1, 0.15) is 11.4 Å². The Labute approximate surface area is 126 Å². The van der Waals surface area contributed by atoms with Crippen molar-refractivity contribution in [1.29, 1.82) is 0 Å². The van der Waals surface area contributed by atoms with Crippen molar-refractivity contribution in [1.82, 2.24) is 9.78 Å². The van der Waals surface area contributed by atoms with Crippen molar-refractivity contribution in [2.45, 2.75) is 46.5 Å². The summed E-state index contributed by atoms with van der Waals surface area (Å²) in [5.74, 6) is 2.14. The summed E-state index contributed by atoms with van der Waals surface area (Å²) in [6.07, 6.45) is 0. The molecule has 0 amide bonds. The SMILES string of the molecule is Cc1ccc(C(C)C)c(Oc2c(N)c(C(C)C)nn2C)c1. The van der Waals surface area contributed by atoms with Crippen molar-refractivity contribution < 1.29 is 4.74 Å². The summed E-state index contributed by atoms with van der Waals surface area (Å²) in [4.78, 5) is 0. The van der Waals surface area contributed by atoms with Gasteiger partial charge in [-0.15, -0.1) is 0 Å². The monoisotopic (exact) mass is 287 g/mol. The molecule has 21 heavy (non-hydrogen) atoms. The number of ether oxygens (including phenoxy) is 1. The lowest BCUT2D eigenvalue weighted by molar-refractivity contribution is 0.425. The fraction of sp³-hybridized carbons (Fsp3) is 0.471. The number of nitrogens with zero attached hydrogens (tertiary/aromatic N) is 2. The van der Waals surface area contributed by atoms with E-state index >= 15 is 0 Å². The van der Waals surface area contributed by atoms with Crippen LogP contribution >= 0.6 is 0 Å². The molecule has 0 aliphatic rings. The topological polar surface area (TPSA) is 53.1 Å². The zero-order valence-corrected chi connectivity index (χ0v) is 13.8. The van der Waals surface area contributed by atoms with Crippen LogP contribution in [0.4, 0.5) is 5.69 Å². The predicted octanol–water partition coefficient (Wildman–Crippen LogP) is 4.35. The highest BCUT2D eigenvalue weighted by Crippen LogP contribution is 2.36. The summed E-state index contributed by atoms with van der Waals surface area (Å²) in [6, 6.07) is 6.27. The molecule has 0 saturated carbocycles. The lowest BCUT2D eigenvalue weighted by Crippen LogP contribution is -2.00. The number of hydrogen-bond acceptors (Lipinski definition) is 3. The average molecular weight is 287 g/mol. The van der Waals surface area contributed by atoms with Gasteiger partial charge in [-0.1, -0.05) is 39.8 Å². The molecule has 0 aliphatic carbocycles. The molecule has 0 spiro atoms. The Bertz CT molecular complexity index is 642. The quantitative estimate of drug-likeness (QED) is 0.909. The molecule has 0 saturated heterocycles. The van der Waals surface area contributed by atoms with Gasteiger partial charge in [-0.05, 0) is 36.0 Å². The molecule has 2 rings (SSSR count). The van der Waals surface area contributed by atoms with Crippen molar-refractivity contribution in [2.24, 2.45) is 7.05 Å². The van der Waals surface area contributed by atoms with Crippen molar-refractivity contribution in [3.63, 3.8) is 0 Å². The third-order valence-electron chi connectivity index (χ3n) is 3.60. The second kappa shape index (κ2) is 5.80. The Morgan fingerprint density at radius 1 is 1.14 bits per heavy atom. The molecule has 1 heterocycles. The lowest BCUT2D eigenvalue weighted by Gasteiger charge is -2.15. The summed E-state index contributed by atoms with van der Waals surface area (Å²) in [5.41, 5.74) is 10.1. The third-order valence-corrected chi connectivity index (χ3v) is 3.60. The Kier molecular flexibility index (Phi) is 4.26. The minimum atomic E-state index is 0.274. The van der Waals surface area contributed by atoms with Gasteiger partial charge in [0.25, 0.3) is 0 Å². The lowest BCUT2D eigenvalue weighted by atomic mass is 10.0. The van der Waals surface area contributed by atoms with Crippen LogP contribution in [0.1, 0.15) is 56.4 Å². The molecule has 1 aromatic carbocycles. The smallest absolute Gasteiger partial charge is 0.241 e. The van der Waals surface area contributed by atoms with Crippen LogP contribution in [0.5, 0.6) is 11.6 Å². The number of anilines is 1. The molecule has 0 radical (unpaired) electrons. The number of aromatic nitrogens is 2. The maximum Gasteiger partial charge on any atom is 0.241 e. The Balaban J connectivity index is 2.45. The van der Waals surface area contributed by atoms with E-state index in [1.807, 2.05) is 7.05 Å². The average Bonchev–Trinajstić information content (AvgIpc) is 2.66. The molecule has 0 unspecified atom stereocenters. The number of nitrogens with two attached hydrogens (primary N) is 1. The molecule has 4 nitrogen and oxygen atoms in total. The first-order valence-corrected chi connectivity index (χ1v) is 7.42. The van der Waals surface area contributed by atoms with Crippen LogP contribution in [-0.4, -0.2) is 9.78 Å². The normalized spacial score (nSPS) is 11.4. The molecule has 0 aliphatic heterocycles. The van der Waals surface area contributed by atoms with E-state index in [1.54, 1.807) is 4.68 Å². The summed E-state index contributed by atoms with van der Waals surface area (Å²) in [7, 11) is 1.86. The number of rotatable bonds is 4. The molecular formula is C17H25N3O. The summed E-state index contributed by atoms with van der Waals surface area (Å²) >= 11 is 0. The van der Waals surface area contributed by atoms with Crippen molar-refractivity contribution in [2.75, 3.05) is 5.73 Å². The first kappa shape index (κ1) is 15.4. The molecule has 114 valence electrons. The highest BCUT2D eigenvalue weighted by Gasteiger charge is 2.19. The minimum absolute atomic E-state index is 0.274. The minimum Gasteiger partial charge on any atom is -0.437 e. The second-order valence-corrected chi connectivity index (χ2v) is 6.18. The maximum atomic E-state index is 6.21.